The van der Waals surface area contributed by atoms with Crippen molar-refractivity contribution in [3.05, 3.63) is 35.7 Å². The fraction of sp³-hybridized carbons (Fsp3) is 0.400. The van der Waals surface area contributed by atoms with Crippen LogP contribution in [0.15, 0.2) is 35.7 Å². The highest BCUT2D eigenvalue weighted by atomic mass is 14.9. The van der Waals surface area contributed by atoms with Gasteiger partial charge in [0.05, 0.1) is 0 Å². The molecule has 0 bridgehead atoms. The lowest BCUT2D eigenvalue weighted by atomic mass is 10.0. The molecule has 1 N–H and O–H groups in total. The molecule has 0 saturated heterocycles. The van der Waals surface area contributed by atoms with E-state index < -0.39 is 0 Å². The van der Waals surface area contributed by atoms with Gasteiger partial charge in [0.25, 0.3) is 0 Å². The average molecular weight is 149 g/mol. The molecule has 0 amide bonds. The second-order valence-electron chi connectivity index (χ2n) is 3.29. The van der Waals surface area contributed by atoms with E-state index in [9.17, 15) is 0 Å². The molecule has 1 aliphatic rings. The first kappa shape index (κ1) is 8.12. The molecule has 0 unspecified atom stereocenters. The average Bonchev–Trinajstić information content (AvgIpc) is 1.85. The summed E-state index contributed by atoms with van der Waals surface area (Å²) in [5.41, 5.74) is 3.53. The summed E-state index contributed by atoms with van der Waals surface area (Å²) in [4.78, 5) is 0. The van der Waals surface area contributed by atoms with Gasteiger partial charge in [0.1, 0.15) is 0 Å². The van der Waals surface area contributed by atoms with Crippen LogP contribution in [0.4, 0.5) is 0 Å². The number of allylic oxidation sites excluding steroid dienone is 4. The maximum atomic E-state index is 3.87. The normalized spacial score (nSPS) is 17.6. The minimum atomic E-state index is 0.551. The number of hydrogen-bond donors (Lipinski definition) is 1. The van der Waals surface area contributed by atoms with Crippen molar-refractivity contribution >= 4 is 0 Å². The van der Waals surface area contributed by atoms with Crippen LogP contribution in [0.1, 0.15) is 20.8 Å². The fourth-order valence-electron chi connectivity index (χ4n) is 1.13. The lowest BCUT2D eigenvalue weighted by Crippen LogP contribution is -2.18. The number of nitrogens with one attached hydrogen (secondary N) is 1. The Morgan fingerprint density at radius 3 is 2.45 bits per heavy atom. The maximum absolute atomic E-state index is 3.87. The van der Waals surface area contributed by atoms with Gasteiger partial charge >= 0.3 is 0 Å². The largest absolute Gasteiger partial charge is 0.359 e. The van der Waals surface area contributed by atoms with Crippen molar-refractivity contribution in [3.63, 3.8) is 0 Å². The van der Waals surface area contributed by atoms with Crippen molar-refractivity contribution in [3.8, 4) is 0 Å². The molecular weight excluding hydrogens is 134 g/mol. The molecule has 1 heterocycles. The van der Waals surface area contributed by atoms with Crippen molar-refractivity contribution in [2.45, 2.75) is 20.8 Å². The highest BCUT2D eigenvalue weighted by Crippen LogP contribution is 2.16. The molecule has 11 heavy (non-hydrogen) atoms. The first-order valence-electron chi connectivity index (χ1n) is 3.95. The number of hydrogen-bond acceptors (Lipinski definition) is 1. The molecular formula is C10H15N. The third-order valence-electron chi connectivity index (χ3n) is 1.71. The first-order valence-corrected chi connectivity index (χ1v) is 3.95. The van der Waals surface area contributed by atoms with Crippen LogP contribution in [0.5, 0.6) is 0 Å². The van der Waals surface area contributed by atoms with E-state index in [1.54, 1.807) is 0 Å². The van der Waals surface area contributed by atoms with E-state index in [1.165, 1.54) is 11.3 Å². The molecule has 1 heteroatoms. The molecule has 0 aromatic rings. The SMILES string of the molecule is C=C1C=C(C)C=C(C(C)C)N1. The van der Waals surface area contributed by atoms with Crippen LogP contribution in [0.2, 0.25) is 0 Å². The fourth-order valence-corrected chi connectivity index (χ4v) is 1.13. The van der Waals surface area contributed by atoms with E-state index in [-0.39, 0.29) is 0 Å². The van der Waals surface area contributed by atoms with Crippen molar-refractivity contribution in [1.29, 1.82) is 0 Å². The lowest BCUT2D eigenvalue weighted by Gasteiger charge is -2.18. The zero-order chi connectivity index (χ0) is 8.43. The zero-order valence-electron chi connectivity index (χ0n) is 7.44. The van der Waals surface area contributed by atoms with Gasteiger partial charge in [-0.3, -0.25) is 0 Å². The maximum Gasteiger partial charge on any atom is 0.0311 e. The van der Waals surface area contributed by atoms with Crippen LogP contribution in [0, 0.1) is 5.92 Å². The summed E-state index contributed by atoms with van der Waals surface area (Å²) in [5, 5.41) is 3.24. The van der Waals surface area contributed by atoms with Gasteiger partial charge in [-0.1, -0.05) is 20.4 Å². The molecule has 0 aliphatic carbocycles. The van der Waals surface area contributed by atoms with E-state index in [0.29, 0.717) is 5.92 Å². The van der Waals surface area contributed by atoms with Crippen LogP contribution in [0.3, 0.4) is 0 Å². The van der Waals surface area contributed by atoms with E-state index in [1.807, 2.05) is 6.08 Å². The standard InChI is InChI=1S/C10H15N/c1-7(2)10-6-8(3)5-9(4)11-10/h5-7,11H,4H2,1-3H3. The summed E-state index contributed by atoms with van der Waals surface area (Å²) < 4.78 is 0. The minimum Gasteiger partial charge on any atom is -0.359 e. The Morgan fingerprint density at radius 2 is 2.00 bits per heavy atom. The second kappa shape index (κ2) is 2.95. The topological polar surface area (TPSA) is 12.0 Å². The Kier molecular flexibility index (Phi) is 2.18. The number of rotatable bonds is 1. The molecule has 1 aliphatic heterocycles. The predicted octanol–water partition coefficient (Wildman–Crippen LogP) is 2.59. The first-order chi connectivity index (χ1) is 5.09. The van der Waals surface area contributed by atoms with Crippen molar-refractivity contribution in [2.24, 2.45) is 5.92 Å². The van der Waals surface area contributed by atoms with Crippen molar-refractivity contribution < 1.29 is 0 Å². The molecule has 0 atom stereocenters. The van der Waals surface area contributed by atoms with Gasteiger partial charge in [0, 0.05) is 11.4 Å². The van der Waals surface area contributed by atoms with E-state index in [2.05, 4.69) is 38.7 Å². The summed E-state index contributed by atoms with van der Waals surface area (Å²) in [6.45, 7) is 10.3. The van der Waals surface area contributed by atoms with Gasteiger partial charge in [0.2, 0.25) is 0 Å². The molecule has 0 aromatic carbocycles. The van der Waals surface area contributed by atoms with Gasteiger partial charge in [-0.2, -0.15) is 0 Å². The van der Waals surface area contributed by atoms with Crippen LogP contribution >= 0.6 is 0 Å². The monoisotopic (exact) mass is 149 g/mol. The van der Waals surface area contributed by atoms with Gasteiger partial charge in [-0.15, -0.1) is 0 Å². The zero-order valence-corrected chi connectivity index (χ0v) is 7.44. The quantitative estimate of drug-likeness (QED) is 0.604. The van der Waals surface area contributed by atoms with Crippen LogP contribution in [-0.4, -0.2) is 0 Å². The molecule has 0 spiro atoms. The second-order valence-corrected chi connectivity index (χ2v) is 3.29. The third-order valence-corrected chi connectivity index (χ3v) is 1.71. The molecule has 0 aromatic heterocycles. The van der Waals surface area contributed by atoms with Gasteiger partial charge in [0.15, 0.2) is 0 Å². The summed E-state index contributed by atoms with van der Waals surface area (Å²) in [7, 11) is 0. The summed E-state index contributed by atoms with van der Waals surface area (Å²) in [6, 6.07) is 0. The minimum absolute atomic E-state index is 0.551. The Morgan fingerprint density at radius 1 is 1.36 bits per heavy atom. The Labute approximate surface area is 68.5 Å². The molecule has 60 valence electrons. The smallest absolute Gasteiger partial charge is 0.0311 e. The molecule has 1 rings (SSSR count). The van der Waals surface area contributed by atoms with E-state index in [4.69, 9.17) is 0 Å². The highest BCUT2D eigenvalue weighted by molar-refractivity contribution is 5.36. The molecule has 0 fully saturated rings. The summed E-state index contributed by atoms with van der Waals surface area (Å²) >= 11 is 0. The van der Waals surface area contributed by atoms with Crippen molar-refractivity contribution in [1.82, 2.24) is 5.32 Å². The molecule has 1 nitrogen and oxygen atoms in total. The van der Waals surface area contributed by atoms with Gasteiger partial charge in [-0.05, 0) is 30.6 Å². The van der Waals surface area contributed by atoms with E-state index in [0.717, 1.165) is 5.70 Å². The van der Waals surface area contributed by atoms with Gasteiger partial charge < -0.3 is 5.32 Å². The van der Waals surface area contributed by atoms with Crippen LogP contribution in [0.25, 0.3) is 0 Å². The summed E-state index contributed by atoms with van der Waals surface area (Å²) in [6.07, 6.45) is 4.21. The Hall–Kier alpha value is -0.980. The van der Waals surface area contributed by atoms with Crippen LogP contribution in [-0.2, 0) is 0 Å². The van der Waals surface area contributed by atoms with E-state index >= 15 is 0 Å². The Balaban J connectivity index is 2.84. The van der Waals surface area contributed by atoms with Crippen LogP contribution < -0.4 is 5.32 Å². The van der Waals surface area contributed by atoms with Crippen molar-refractivity contribution in [2.75, 3.05) is 0 Å². The number of dihydropyridines is 1. The highest BCUT2D eigenvalue weighted by Gasteiger charge is 2.07. The lowest BCUT2D eigenvalue weighted by molar-refractivity contribution is 0.699. The molecule has 0 saturated carbocycles. The van der Waals surface area contributed by atoms with Gasteiger partial charge in [-0.25, -0.2) is 0 Å². The summed E-state index contributed by atoms with van der Waals surface area (Å²) in [5.74, 6) is 0.551. The molecule has 0 radical (unpaired) electrons. The predicted molar refractivity (Wildman–Crippen MR) is 49.0 cm³/mol. The third kappa shape index (κ3) is 1.97. The Bertz CT molecular complexity index is 231.